The number of hydrogen-bond acceptors (Lipinski definition) is 5. The highest BCUT2D eigenvalue weighted by atomic mass is 32.2. The zero-order chi connectivity index (χ0) is 32.2. The molecule has 1 atom stereocenters. The molecular formula is C36H41N3O5S. The van der Waals surface area contributed by atoms with E-state index in [0.717, 1.165) is 9.87 Å². The Morgan fingerprint density at radius 2 is 1.33 bits per heavy atom. The zero-order valence-electron chi connectivity index (χ0n) is 26.0. The Bertz CT molecular complexity index is 1610. The Morgan fingerprint density at radius 3 is 1.91 bits per heavy atom. The van der Waals surface area contributed by atoms with Crippen molar-refractivity contribution in [1.82, 2.24) is 10.2 Å². The molecule has 0 fully saturated rings. The van der Waals surface area contributed by atoms with Gasteiger partial charge in [-0.25, -0.2) is 8.42 Å². The molecule has 4 aromatic rings. The Balaban J connectivity index is 1.67. The molecule has 0 spiro atoms. The lowest BCUT2D eigenvalue weighted by atomic mass is 10.1. The van der Waals surface area contributed by atoms with Crippen molar-refractivity contribution in [3.05, 3.63) is 121 Å². The van der Waals surface area contributed by atoms with E-state index in [1.807, 2.05) is 81.4 Å². The zero-order valence-corrected chi connectivity index (χ0v) is 26.8. The lowest BCUT2D eigenvalue weighted by Gasteiger charge is -2.33. The summed E-state index contributed by atoms with van der Waals surface area (Å²) >= 11 is 0. The number of nitrogens with one attached hydrogen (secondary N) is 1. The van der Waals surface area contributed by atoms with Gasteiger partial charge in [-0.1, -0.05) is 87.5 Å². The molecule has 0 heterocycles. The third kappa shape index (κ3) is 9.18. The Hall–Kier alpha value is -4.63. The number of ether oxygens (including phenoxy) is 1. The number of amides is 2. The average molecular weight is 628 g/mol. The quantitative estimate of drug-likeness (QED) is 0.167. The van der Waals surface area contributed by atoms with Crippen LogP contribution >= 0.6 is 0 Å². The molecule has 9 heteroatoms. The van der Waals surface area contributed by atoms with E-state index < -0.39 is 28.5 Å². The largest absolute Gasteiger partial charge is 0.457 e. The van der Waals surface area contributed by atoms with Crippen molar-refractivity contribution < 1.29 is 22.7 Å². The highest BCUT2D eigenvalue weighted by molar-refractivity contribution is 7.92. The lowest BCUT2D eigenvalue weighted by Crippen LogP contribution is -2.53. The third-order valence-corrected chi connectivity index (χ3v) is 9.06. The highest BCUT2D eigenvalue weighted by Crippen LogP contribution is 2.28. The molecule has 0 aliphatic carbocycles. The molecule has 2 amide bonds. The third-order valence-electron chi connectivity index (χ3n) is 7.27. The summed E-state index contributed by atoms with van der Waals surface area (Å²) in [6.45, 7) is 6.09. The molecule has 0 aliphatic rings. The van der Waals surface area contributed by atoms with Crippen LogP contribution in [0.15, 0.2) is 120 Å². The summed E-state index contributed by atoms with van der Waals surface area (Å²) in [5.74, 6) is 0.671. The number of sulfonamides is 1. The molecule has 8 nitrogen and oxygen atoms in total. The first-order valence-corrected chi connectivity index (χ1v) is 16.6. The fraction of sp³-hybridized carbons (Fsp3) is 0.278. The van der Waals surface area contributed by atoms with Gasteiger partial charge in [-0.15, -0.1) is 0 Å². The summed E-state index contributed by atoms with van der Waals surface area (Å²) in [6.07, 6.45) is 0.888. The van der Waals surface area contributed by atoms with E-state index in [-0.39, 0.29) is 23.3 Å². The predicted molar refractivity (Wildman–Crippen MR) is 178 cm³/mol. The van der Waals surface area contributed by atoms with E-state index in [9.17, 15) is 18.0 Å². The monoisotopic (exact) mass is 627 g/mol. The van der Waals surface area contributed by atoms with Crippen molar-refractivity contribution in [3.63, 3.8) is 0 Å². The van der Waals surface area contributed by atoms with E-state index in [1.54, 1.807) is 42.5 Å². The summed E-state index contributed by atoms with van der Waals surface area (Å²) in [4.78, 5) is 29.1. The maximum Gasteiger partial charge on any atom is 0.264 e. The van der Waals surface area contributed by atoms with Crippen molar-refractivity contribution >= 4 is 27.5 Å². The minimum atomic E-state index is -4.15. The van der Waals surface area contributed by atoms with Gasteiger partial charge in [0.15, 0.2) is 0 Å². The van der Waals surface area contributed by atoms with Crippen LogP contribution in [0.1, 0.15) is 32.8 Å². The van der Waals surface area contributed by atoms with Crippen LogP contribution < -0.4 is 14.4 Å². The maximum absolute atomic E-state index is 14.2. The normalized spacial score (nSPS) is 11.9. The van der Waals surface area contributed by atoms with Crippen LogP contribution in [0, 0.1) is 5.92 Å². The minimum Gasteiger partial charge on any atom is -0.457 e. The maximum atomic E-state index is 14.2. The number of carbonyl (C=O) groups excluding carboxylic acids is 2. The second-order valence-electron chi connectivity index (χ2n) is 11.1. The predicted octanol–water partition coefficient (Wildman–Crippen LogP) is 6.30. The molecule has 0 bridgehead atoms. The number of benzene rings is 4. The molecule has 0 aromatic heterocycles. The van der Waals surface area contributed by atoms with E-state index in [4.69, 9.17) is 4.74 Å². The Labute approximate surface area is 266 Å². The summed E-state index contributed by atoms with van der Waals surface area (Å²) in [5, 5.41) is 2.96. The van der Waals surface area contributed by atoms with Crippen molar-refractivity contribution in [2.45, 2.75) is 44.6 Å². The van der Waals surface area contributed by atoms with Gasteiger partial charge in [0.05, 0.1) is 10.6 Å². The van der Waals surface area contributed by atoms with Crippen LogP contribution in [0.4, 0.5) is 5.69 Å². The first-order chi connectivity index (χ1) is 21.7. The molecule has 0 saturated heterocycles. The smallest absolute Gasteiger partial charge is 0.264 e. The van der Waals surface area contributed by atoms with Crippen LogP contribution in [0.2, 0.25) is 0 Å². The topological polar surface area (TPSA) is 96.0 Å². The van der Waals surface area contributed by atoms with Crippen molar-refractivity contribution in [2.24, 2.45) is 5.92 Å². The first-order valence-electron chi connectivity index (χ1n) is 15.2. The Morgan fingerprint density at radius 1 is 0.778 bits per heavy atom. The van der Waals surface area contributed by atoms with Gasteiger partial charge < -0.3 is 15.0 Å². The van der Waals surface area contributed by atoms with E-state index in [0.29, 0.717) is 36.6 Å². The van der Waals surface area contributed by atoms with Crippen LogP contribution in [-0.4, -0.2) is 50.8 Å². The lowest BCUT2D eigenvalue weighted by molar-refractivity contribution is -0.139. The SMILES string of the molecule is CC[C@H](C(=O)NCC(C)C)N(CCc1ccccc1)C(=O)CN(c1ccc(Oc2ccccc2)cc1)S(=O)(=O)c1ccccc1. The number of anilines is 1. The average Bonchev–Trinajstić information content (AvgIpc) is 3.06. The van der Waals surface area contributed by atoms with Crippen molar-refractivity contribution in [1.29, 1.82) is 0 Å². The minimum absolute atomic E-state index is 0.0555. The standard InChI is InChI=1S/C36H41N3O5S/c1-4-34(36(41)37-26-28(2)3)38(25-24-29-14-8-5-9-15-29)35(40)27-39(45(42,43)33-18-12-7-13-19-33)30-20-22-32(23-21-30)44-31-16-10-6-11-17-31/h5-23,28,34H,4,24-27H2,1-3H3,(H,37,41)/t34-/m1/s1. The summed E-state index contributed by atoms with van der Waals surface area (Å²) in [7, 11) is -4.15. The molecule has 4 aromatic carbocycles. The Kier molecular flexibility index (Phi) is 11.8. The van der Waals surface area contributed by atoms with E-state index >= 15 is 0 Å². The van der Waals surface area contributed by atoms with Crippen molar-refractivity contribution in [2.75, 3.05) is 23.9 Å². The van der Waals surface area contributed by atoms with Crippen LogP contribution in [0.5, 0.6) is 11.5 Å². The van der Waals surface area contributed by atoms with Crippen LogP contribution in [0.25, 0.3) is 0 Å². The molecule has 0 unspecified atom stereocenters. The van der Waals surface area contributed by atoms with Gasteiger partial charge in [0, 0.05) is 13.1 Å². The molecule has 4 rings (SSSR count). The van der Waals surface area contributed by atoms with Gasteiger partial charge >= 0.3 is 0 Å². The molecule has 0 radical (unpaired) electrons. The first kappa shape index (κ1) is 33.3. The molecule has 0 saturated carbocycles. The van der Waals surface area contributed by atoms with Gasteiger partial charge in [-0.3, -0.25) is 13.9 Å². The van der Waals surface area contributed by atoms with E-state index in [1.165, 1.54) is 17.0 Å². The summed E-state index contributed by atoms with van der Waals surface area (Å²) in [6, 6.07) is 32.8. The summed E-state index contributed by atoms with van der Waals surface area (Å²) < 4.78 is 35.1. The van der Waals surface area contributed by atoms with Crippen LogP contribution in [-0.2, 0) is 26.0 Å². The molecule has 45 heavy (non-hydrogen) atoms. The number of carbonyl (C=O) groups is 2. The second kappa shape index (κ2) is 15.9. The van der Waals surface area contributed by atoms with Gasteiger partial charge in [0.25, 0.3) is 10.0 Å². The van der Waals surface area contributed by atoms with Gasteiger partial charge in [-0.05, 0) is 72.9 Å². The number of rotatable bonds is 15. The van der Waals surface area contributed by atoms with Gasteiger partial charge in [-0.2, -0.15) is 0 Å². The van der Waals surface area contributed by atoms with Gasteiger partial charge in [0.2, 0.25) is 11.8 Å². The summed E-state index contributed by atoms with van der Waals surface area (Å²) in [5.41, 5.74) is 1.31. The number of hydrogen-bond donors (Lipinski definition) is 1. The molecule has 1 N–H and O–H groups in total. The van der Waals surface area contributed by atoms with Crippen LogP contribution in [0.3, 0.4) is 0 Å². The van der Waals surface area contributed by atoms with E-state index in [2.05, 4.69) is 5.32 Å². The second-order valence-corrected chi connectivity index (χ2v) is 13.0. The molecule has 236 valence electrons. The number of nitrogens with zero attached hydrogens (tertiary/aromatic N) is 2. The highest BCUT2D eigenvalue weighted by Gasteiger charge is 2.33. The number of para-hydroxylation sites is 1. The van der Waals surface area contributed by atoms with Crippen molar-refractivity contribution in [3.8, 4) is 11.5 Å². The fourth-order valence-corrected chi connectivity index (χ4v) is 6.31. The fourth-order valence-electron chi connectivity index (χ4n) is 4.87. The van der Waals surface area contributed by atoms with Gasteiger partial charge in [0.1, 0.15) is 24.1 Å². The molecular weight excluding hydrogens is 586 g/mol. The molecule has 0 aliphatic heterocycles.